The molecule has 1 aromatic carbocycles. The number of benzene rings is 1. The lowest BCUT2D eigenvalue weighted by Gasteiger charge is -2.24. The molecule has 0 bridgehead atoms. The van der Waals surface area contributed by atoms with Gasteiger partial charge in [0.2, 0.25) is 0 Å². The molecular weight excluding hydrogens is 240 g/mol. The molecule has 0 aromatic heterocycles. The molecule has 0 fully saturated rings. The van der Waals surface area contributed by atoms with E-state index in [9.17, 15) is 4.79 Å². The minimum absolute atomic E-state index is 0.259. The number of ether oxygens (including phenoxy) is 1. The predicted molar refractivity (Wildman–Crippen MR) is 67.4 cm³/mol. The highest BCUT2D eigenvalue weighted by atomic mass is 35.5. The largest absolute Gasteiger partial charge is 0.443 e. The third-order valence-corrected chi connectivity index (χ3v) is 2.11. The van der Waals surface area contributed by atoms with Crippen LogP contribution in [-0.2, 0) is 11.3 Å². The van der Waals surface area contributed by atoms with E-state index in [1.165, 1.54) is 0 Å². The Bertz CT molecular complexity index is 402. The first-order valence-corrected chi connectivity index (χ1v) is 5.65. The van der Waals surface area contributed by atoms with E-state index in [0.29, 0.717) is 5.02 Å². The summed E-state index contributed by atoms with van der Waals surface area (Å²) in [6.07, 6.45) is -0.558. The van der Waals surface area contributed by atoms with Crippen LogP contribution in [0.5, 0.6) is 0 Å². The monoisotopic (exact) mass is 256 g/mol. The molecule has 0 radical (unpaired) electrons. The van der Waals surface area contributed by atoms with Gasteiger partial charge in [0.15, 0.2) is 0 Å². The number of nitrogens with two attached hydrogens (primary N) is 1. The fraction of sp³-hybridized carbons (Fsp3) is 0.417. The fourth-order valence-corrected chi connectivity index (χ4v) is 1.43. The van der Waals surface area contributed by atoms with Crippen LogP contribution < -0.4 is 5.84 Å². The van der Waals surface area contributed by atoms with Crippen LogP contribution in [0.3, 0.4) is 0 Å². The highest BCUT2D eigenvalue weighted by Crippen LogP contribution is 2.13. The topological polar surface area (TPSA) is 55.6 Å². The summed E-state index contributed by atoms with van der Waals surface area (Å²) in [6, 6.07) is 7.17. The van der Waals surface area contributed by atoms with E-state index in [2.05, 4.69) is 0 Å². The van der Waals surface area contributed by atoms with Gasteiger partial charge in [-0.25, -0.2) is 15.6 Å². The number of amides is 1. The van der Waals surface area contributed by atoms with Gasteiger partial charge in [-0.3, -0.25) is 0 Å². The Kier molecular flexibility index (Phi) is 4.37. The number of hydrazine groups is 1. The van der Waals surface area contributed by atoms with Crippen molar-refractivity contribution in [3.05, 3.63) is 34.9 Å². The number of carbonyl (C=O) groups is 1. The molecule has 0 spiro atoms. The molecule has 0 aliphatic heterocycles. The summed E-state index contributed by atoms with van der Waals surface area (Å²) in [5.74, 6) is 5.62. The highest BCUT2D eigenvalue weighted by molar-refractivity contribution is 6.30. The average molecular weight is 257 g/mol. The summed E-state index contributed by atoms with van der Waals surface area (Å²) in [4.78, 5) is 11.6. The number of hydrogen-bond acceptors (Lipinski definition) is 3. The third kappa shape index (κ3) is 5.06. The maximum atomic E-state index is 11.6. The standard InChI is InChI=1S/C12H17ClN2O2/c1-12(2,3)17-11(16)15(14)8-9-5-4-6-10(13)7-9/h4-7H,8,14H2,1-3H3. The molecule has 1 rings (SSSR count). The Morgan fingerprint density at radius 3 is 2.65 bits per heavy atom. The zero-order valence-electron chi connectivity index (χ0n) is 10.2. The summed E-state index contributed by atoms with van der Waals surface area (Å²) in [5, 5.41) is 1.64. The summed E-state index contributed by atoms with van der Waals surface area (Å²) >= 11 is 5.84. The van der Waals surface area contributed by atoms with Crippen LogP contribution in [0.15, 0.2) is 24.3 Å². The van der Waals surface area contributed by atoms with Gasteiger partial charge in [0.25, 0.3) is 0 Å². The second-order valence-electron chi connectivity index (χ2n) is 4.74. The second kappa shape index (κ2) is 5.38. The fourth-order valence-electron chi connectivity index (χ4n) is 1.22. The number of carbonyl (C=O) groups excluding carboxylic acids is 1. The van der Waals surface area contributed by atoms with Crippen LogP contribution in [0.2, 0.25) is 5.02 Å². The van der Waals surface area contributed by atoms with Crippen molar-refractivity contribution in [2.75, 3.05) is 0 Å². The first-order valence-electron chi connectivity index (χ1n) is 5.27. The Balaban J connectivity index is 2.60. The molecule has 1 amide bonds. The van der Waals surface area contributed by atoms with E-state index in [4.69, 9.17) is 22.2 Å². The lowest BCUT2D eigenvalue weighted by atomic mass is 10.2. The van der Waals surface area contributed by atoms with Crippen LogP contribution in [0.1, 0.15) is 26.3 Å². The minimum atomic E-state index is -0.558. The van der Waals surface area contributed by atoms with Crippen LogP contribution >= 0.6 is 11.6 Å². The molecule has 0 atom stereocenters. The molecule has 0 heterocycles. The average Bonchev–Trinajstić information content (AvgIpc) is 2.14. The molecule has 0 unspecified atom stereocenters. The number of hydrogen-bond donors (Lipinski definition) is 1. The molecule has 2 N–H and O–H groups in total. The Hall–Kier alpha value is -1.26. The number of rotatable bonds is 2. The zero-order chi connectivity index (χ0) is 13.1. The normalized spacial score (nSPS) is 11.1. The molecule has 17 heavy (non-hydrogen) atoms. The predicted octanol–water partition coefficient (Wildman–Crippen LogP) is 2.95. The van der Waals surface area contributed by atoms with E-state index in [-0.39, 0.29) is 6.54 Å². The van der Waals surface area contributed by atoms with Crippen LogP contribution in [0.25, 0.3) is 0 Å². The van der Waals surface area contributed by atoms with E-state index >= 15 is 0 Å². The van der Waals surface area contributed by atoms with Crippen molar-refractivity contribution < 1.29 is 9.53 Å². The highest BCUT2D eigenvalue weighted by Gasteiger charge is 2.20. The lowest BCUT2D eigenvalue weighted by molar-refractivity contribution is 0.0231. The molecule has 0 saturated heterocycles. The van der Waals surface area contributed by atoms with Gasteiger partial charge in [-0.05, 0) is 38.5 Å². The van der Waals surface area contributed by atoms with Gasteiger partial charge in [0.1, 0.15) is 5.60 Å². The van der Waals surface area contributed by atoms with Crippen molar-refractivity contribution in [3.63, 3.8) is 0 Å². The van der Waals surface area contributed by atoms with Gasteiger partial charge in [-0.15, -0.1) is 0 Å². The van der Waals surface area contributed by atoms with Crippen molar-refractivity contribution in [1.82, 2.24) is 5.01 Å². The summed E-state index contributed by atoms with van der Waals surface area (Å²) in [6.45, 7) is 5.63. The van der Waals surface area contributed by atoms with Gasteiger partial charge >= 0.3 is 6.09 Å². The maximum Gasteiger partial charge on any atom is 0.424 e. The van der Waals surface area contributed by atoms with Crippen molar-refractivity contribution in [2.45, 2.75) is 32.9 Å². The molecule has 1 aromatic rings. The molecule has 94 valence electrons. The van der Waals surface area contributed by atoms with Gasteiger partial charge in [0, 0.05) is 5.02 Å². The molecule has 0 saturated carbocycles. The van der Waals surface area contributed by atoms with Crippen LogP contribution in [0, 0.1) is 0 Å². The Morgan fingerprint density at radius 2 is 2.12 bits per heavy atom. The van der Waals surface area contributed by atoms with Gasteiger partial charge in [-0.2, -0.15) is 0 Å². The molecular formula is C12H17ClN2O2. The Morgan fingerprint density at radius 1 is 1.47 bits per heavy atom. The second-order valence-corrected chi connectivity index (χ2v) is 5.17. The Labute approximate surface area is 106 Å². The molecule has 0 aliphatic rings. The quantitative estimate of drug-likeness (QED) is 0.503. The summed E-state index contributed by atoms with van der Waals surface area (Å²) in [5.41, 5.74) is 0.300. The summed E-state index contributed by atoms with van der Waals surface area (Å²) in [7, 11) is 0. The van der Waals surface area contributed by atoms with Crippen LogP contribution in [-0.4, -0.2) is 16.7 Å². The first kappa shape index (κ1) is 13.8. The molecule has 5 heteroatoms. The molecule has 4 nitrogen and oxygen atoms in total. The SMILES string of the molecule is CC(C)(C)OC(=O)N(N)Cc1cccc(Cl)c1. The smallest absolute Gasteiger partial charge is 0.424 e. The van der Waals surface area contributed by atoms with E-state index in [0.717, 1.165) is 10.6 Å². The van der Waals surface area contributed by atoms with Crippen molar-refractivity contribution in [1.29, 1.82) is 0 Å². The zero-order valence-corrected chi connectivity index (χ0v) is 11.0. The van der Waals surface area contributed by atoms with Gasteiger partial charge in [0.05, 0.1) is 6.54 Å². The first-order chi connectivity index (χ1) is 7.78. The minimum Gasteiger partial charge on any atom is -0.443 e. The van der Waals surface area contributed by atoms with Crippen molar-refractivity contribution in [2.24, 2.45) is 5.84 Å². The molecule has 0 aliphatic carbocycles. The summed E-state index contributed by atoms with van der Waals surface area (Å²) < 4.78 is 5.13. The lowest BCUT2D eigenvalue weighted by Crippen LogP contribution is -2.40. The van der Waals surface area contributed by atoms with Crippen molar-refractivity contribution >= 4 is 17.7 Å². The van der Waals surface area contributed by atoms with E-state index in [1.807, 2.05) is 6.07 Å². The van der Waals surface area contributed by atoms with E-state index in [1.54, 1.807) is 39.0 Å². The third-order valence-electron chi connectivity index (χ3n) is 1.87. The number of nitrogens with zero attached hydrogens (tertiary/aromatic N) is 1. The van der Waals surface area contributed by atoms with Crippen molar-refractivity contribution in [3.8, 4) is 0 Å². The van der Waals surface area contributed by atoms with Gasteiger partial charge < -0.3 is 4.74 Å². The number of halogens is 1. The van der Waals surface area contributed by atoms with Crippen LogP contribution in [0.4, 0.5) is 4.79 Å². The van der Waals surface area contributed by atoms with E-state index < -0.39 is 11.7 Å². The van der Waals surface area contributed by atoms with Gasteiger partial charge in [-0.1, -0.05) is 23.7 Å². The maximum absolute atomic E-state index is 11.6.